The first-order valence-corrected chi connectivity index (χ1v) is 7.71. The average Bonchev–Trinajstić information content (AvgIpc) is 2.35. The number of hydrogen-bond donors (Lipinski definition) is 2. The van der Waals surface area contributed by atoms with Crippen molar-refractivity contribution in [1.29, 1.82) is 0 Å². The summed E-state index contributed by atoms with van der Waals surface area (Å²) in [5.74, 6) is 1.20. The number of aliphatic carboxylic acids is 1. The van der Waals surface area contributed by atoms with Crippen LogP contribution in [0.15, 0.2) is 0 Å². The summed E-state index contributed by atoms with van der Waals surface area (Å²) in [6.45, 7) is 3.82. The zero-order chi connectivity index (χ0) is 14.6. The first-order chi connectivity index (χ1) is 8.79. The molecule has 108 valence electrons. The van der Waals surface area contributed by atoms with Crippen LogP contribution in [-0.2, 0) is 15.0 Å². The molecule has 0 amide bonds. The van der Waals surface area contributed by atoms with Crippen molar-refractivity contribution in [1.82, 2.24) is 9.03 Å². The Morgan fingerprint density at radius 3 is 2.58 bits per heavy atom. The van der Waals surface area contributed by atoms with Gasteiger partial charge in [-0.1, -0.05) is 19.8 Å². The predicted molar refractivity (Wildman–Crippen MR) is 71.5 cm³/mol. The molecule has 0 aromatic rings. The van der Waals surface area contributed by atoms with E-state index in [1.807, 2.05) is 0 Å². The second kappa shape index (κ2) is 6.37. The molecule has 1 fully saturated rings. The minimum Gasteiger partial charge on any atom is -0.480 e. The molecule has 2 unspecified atom stereocenters. The Bertz CT molecular complexity index is 467. The number of terminal acetylenes is 1. The molecule has 1 saturated heterocycles. The molecule has 0 saturated carbocycles. The molecule has 0 aromatic carbocycles. The second-order valence-corrected chi connectivity index (χ2v) is 6.63. The Morgan fingerprint density at radius 1 is 1.47 bits per heavy atom. The van der Waals surface area contributed by atoms with Crippen molar-refractivity contribution in [2.75, 3.05) is 6.54 Å². The Morgan fingerprint density at radius 2 is 2.11 bits per heavy atom. The molecule has 1 rings (SSSR count). The highest BCUT2D eigenvalue weighted by Gasteiger charge is 2.37. The zero-order valence-corrected chi connectivity index (χ0v) is 12.0. The molecule has 1 aliphatic heterocycles. The van der Waals surface area contributed by atoms with Crippen LogP contribution >= 0.6 is 0 Å². The number of hydrogen-bond acceptors (Lipinski definition) is 3. The van der Waals surface area contributed by atoms with E-state index in [1.165, 1.54) is 0 Å². The van der Waals surface area contributed by atoms with Gasteiger partial charge in [0.15, 0.2) is 0 Å². The van der Waals surface area contributed by atoms with Gasteiger partial charge in [0, 0.05) is 6.54 Å². The molecule has 2 N–H and O–H groups in total. The highest BCUT2D eigenvalue weighted by atomic mass is 32.2. The fourth-order valence-corrected chi connectivity index (χ4v) is 3.73. The van der Waals surface area contributed by atoms with Crippen molar-refractivity contribution < 1.29 is 18.3 Å². The van der Waals surface area contributed by atoms with Gasteiger partial charge < -0.3 is 5.11 Å². The Kier molecular flexibility index (Phi) is 5.35. The molecule has 7 heteroatoms. The van der Waals surface area contributed by atoms with Gasteiger partial charge in [-0.2, -0.15) is 17.4 Å². The van der Waals surface area contributed by atoms with E-state index in [0.29, 0.717) is 19.3 Å². The fourth-order valence-electron chi connectivity index (χ4n) is 2.03. The van der Waals surface area contributed by atoms with Gasteiger partial charge in [0.05, 0.1) is 6.04 Å². The number of carboxylic acid groups (broad SMARTS) is 1. The summed E-state index contributed by atoms with van der Waals surface area (Å²) in [7, 11) is -3.87. The van der Waals surface area contributed by atoms with Crippen LogP contribution in [0.1, 0.15) is 33.1 Å². The van der Waals surface area contributed by atoms with Crippen LogP contribution < -0.4 is 4.72 Å². The number of nitrogens with one attached hydrogen (secondary N) is 1. The topological polar surface area (TPSA) is 86.7 Å². The van der Waals surface area contributed by atoms with E-state index in [4.69, 9.17) is 11.5 Å². The van der Waals surface area contributed by atoms with Crippen LogP contribution in [0.2, 0.25) is 0 Å². The molecule has 0 aliphatic carbocycles. The first kappa shape index (κ1) is 16.0. The lowest BCUT2D eigenvalue weighted by Crippen LogP contribution is -2.54. The highest BCUT2D eigenvalue weighted by molar-refractivity contribution is 7.87. The maximum atomic E-state index is 12.2. The van der Waals surface area contributed by atoms with Crippen LogP contribution in [0.3, 0.4) is 0 Å². The standard InChI is InChI=1S/C12H20N2O4S/c1-4-10(9(2)3)13-19(17,18)14-8-6-5-7-11(14)12(15)16/h1,9-11,13H,5-8H2,2-3H3,(H,15,16). The molecule has 1 heterocycles. The number of rotatable bonds is 5. The zero-order valence-electron chi connectivity index (χ0n) is 11.2. The molecular formula is C12H20N2O4S. The maximum absolute atomic E-state index is 12.2. The molecule has 0 radical (unpaired) electrons. The van der Waals surface area contributed by atoms with Gasteiger partial charge in [-0.05, 0) is 25.2 Å². The third-order valence-electron chi connectivity index (χ3n) is 3.17. The van der Waals surface area contributed by atoms with Gasteiger partial charge >= 0.3 is 5.97 Å². The molecule has 19 heavy (non-hydrogen) atoms. The SMILES string of the molecule is C#CC(NS(=O)(=O)N1CCCCC1C(=O)O)C(C)C. The largest absolute Gasteiger partial charge is 0.480 e. The van der Waals surface area contributed by atoms with Gasteiger partial charge in [0.1, 0.15) is 6.04 Å². The van der Waals surface area contributed by atoms with Crippen LogP contribution in [0.25, 0.3) is 0 Å². The van der Waals surface area contributed by atoms with Gasteiger partial charge in [-0.25, -0.2) is 0 Å². The molecule has 0 spiro atoms. The predicted octanol–water partition coefficient (Wildman–Crippen LogP) is 0.418. The summed E-state index contributed by atoms with van der Waals surface area (Å²) in [6.07, 6.45) is 7.00. The number of carboxylic acids is 1. The van der Waals surface area contributed by atoms with Crippen molar-refractivity contribution >= 4 is 16.2 Å². The lowest BCUT2D eigenvalue weighted by atomic mass is 10.1. The van der Waals surface area contributed by atoms with E-state index < -0.39 is 28.3 Å². The maximum Gasteiger partial charge on any atom is 0.322 e. The Hall–Kier alpha value is -1.10. The Labute approximate surface area is 114 Å². The quantitative estimate of drug-likeness (QED) is 0.718. The van der Waals surface area contributed by atoms with Gasteiger partial charge in [0.2, 0.25) is 0 Å². The summed E-state index contributed by atoms with van der Waals surface area (Å²) in [5, 5.41) is 9.10. The fraction of sp³-hybridized carbons (Fsp3) is 0.750. The van der Waals surface area contributed by atoms with Crippen molar-refractivity contribution in [3.05, 3.63) is 0 Å². The summed E-state index contributed by atoms with van der Waals surface area (Å²) in [5.41, 5.74) is 0. The average molecular weight is 288 g/mol. The van der Waals surface area contributed by atoms with Gasteiger partial charge in [0.25, 0.3) is 10.2 Å². The van der Waals surface area contributed by atoms with Gasteiger partial charge in [-0.3, -0.25) is 4.79 Å². The van der Waals surface area contributed by atoms with Crippen LogP contribution in [0, 0.1) is 18.3 Å². The van der Waals surface area contributed by atoms with E-state index in [-0.39, 0.29) is 12.5 Å². The Balaban J connectivity index is 2.91. The van der Waals surface area contributed by atoms with E-state index in [1.54, 1.807) is 13.8 Å². The lowest BCUT2D eigenvalue weighted by Gasteiger charge is -2.33. The minimum atomic E-state index is -3.87. The van der Waals surface area contributed by atoms with Gasteiger partial charge in [-0.15, -0.1) is 6.42 Å². The lowest BCUT2D eigenvalue weighted by molar-refractivity contribution is -0.142. The van der Waals surface area contributed by atoms with Crippen LogP contribution in [-0.4, -0.2) is 42.4 Å². The van der Waals surface area contributed by atoms with Crippen molar-refractivity contribution in [2.45, 2.75) is 45.2 Å². The summed E-state index contributed by atoms with van der Waals surface area (Å²) >= 11 is 0. The van der Waals surface area contributed by atoms with Crippen molar-refractivity contribution in [3.63, 3.8) is 0 Å². The first-order valence-electron chi connectivity index (χ1n) is 6.27. The molecular weight excluding hydrogens is 268 g/mol. The number of carbonyl (C=O) groups is 1. The molecule has 2 atom stereocenters. The third-order valence-corrected chi connectivity index (χ3v) is 4.78. The number of piperidine rings is 1. The van der Waals surface area contributed by atoms with Crippen LogP contribution in [0.4, 0.5) is 0 Å². The molecule has 0 aromatic heterocycles. The monoisotopic (exact) mass is 288 g/mol. The van der Waals surface area contributed by atoms with Crippen molar-refractivity contribution in [2.24, 2.45) is 5.92 Å². The number of nitrogens with zero attached hydrogens (tertiary/aromatic N) is 1. The van der Waals surface area contributed by atoms with E-state index in [2.05, 4.69) is 10.6 Å². The van der Waals surface area contributed by atoms with E-state index in [9.17, 15) is 13.2 Å². The van der Waals surface area contributed by atoms with Crippen LogP contribution in [0.5, 0.6) is 0 Å². The molecule has 0 bridgehead atoms. The second-order valence-electron chi connectivity index (χ2n) is 4.97. The molecule has 6 nitrogen and oxygen atoms in total. The normalized spacial score (nSPS) is 22.9. The smallest absolute Gasteiger partial charge is 0.322 e. The van der Waals surface area contributed by atoms with Crippen molar-refractivity contribution in [3.8, 4) is 12.3 Å². The highest BCUT2D eigenvalue weighted by Crippen LogP contribution is 2.20. The summed E-state index contributed by atoms with van der Waals surface area (Å²) in [6, 6.07) is -1.64. The summed E-state index contributed by atoms with van der Waals surface area (Å²) in [4.78, 5) is 11.1. The minimum absolute atomic E-state index is 0.0622. The molecule has 1 aliphatic rings. The van der Waals surface area contributed by atoms with E-state index >= 15 is 0 Å². The third kappa shape index (κ3) is 3.93. The summed E-state index contributed by atoms with van der Waals surface area (Å²) < 4.78 is 27.9. The van der Waals surface area contributed by atoms with E-state index in [0.717, 1.165) is 4.31 Å².